The Morgan fingerprint density at radius 2 is 2.24 bits per heavy atom. The predicted molar refractivity (Wildman–Crippen MR) is 65.6 cm³/mol. The first-order chi connectivity index (χ1) is 8.22. The zero-order valence-corrected chi connectivity index (χ0v) is 9.88. The smallest absolute Gasteiger partial charge is 0.327 e. The Balaban J connectivity index is 2.21. The van der Waals surface area contributed by atoms with Gasteiger partial charge in [-0.2, -0.15) is 0 Å². The first-order valence-corrected chi connectivity index (χ1v) is 6.11. The van der Waals surface area contributed by atoms with Crippen LogP contribution < -0.4 is 0 Å². The summed E-state index contributed by atoms with van der Waals surface area (Å²) in [5.74, 6) is -0.530. The van der Waals surface area contributed by atoms with Crippen LogP contribution in [0, 0.1) is 5.92 Å². The predicted octanol–water partition coefficient (Wildman–Crippen LogP) is 2.73. The summed E-state index contributed by atoms with van der Waals surface area (Å²) < 4.78 is 1.72. The van der Waals surface area contributed by atoms with Gasteiger partial charge in [-0.25, -0.2) is 9.78 Å². The molecule has 1 N–H and O–H groups in total. The Hall–Kier alpha value is -1.58. The van der Waals surface area contributed by atoms with Crippen molar-refractivity contribution in [1.29, 1.82) is 0 Å². The molecule has 1 aromatic heterocycles. The number of carbonyl (C=O) groups is 1. The van der Waals surface area contributed by atoms with Crippen molar-refractivity contribution in [1.82, 2.24) is 9.55 Å². The van der Waals surface area contributed by atoms with Gasteiger partial charge in [0, 0.05) is 6.20 Å². The van der Waals surface area contributed by atoms with Crippen LogP contribution in [0.25, 0.3) is 6.08 Å². The second-order valence-electron chi connectivity index (χ2n) is 4.63. The summed E-state index contributed by atoms with van der Waals surface area (Å²) in [6.45, 7) is 3.64. The molecule has 0 radical (unpaired) electrons. The van der Waals surface area contributed by atoms with E-state index in [-0.39, 0.29) is 5.92 Å². The first-order valence-electron chi connectivity index (χ1n) is 6.11. The number of aliphatic carboxylic acids is 1. The van der Waals surface area contributed by atoms with Crippen molar-refractivity contribution in [3.8, 4) is 0 Å². The van der Waals surface area contributed by atoms with Crippen molar-refractivity contribution in [2.75, 3.05) is 0 Å². The van der Waals surface area contributed by atoms with E-state index in [1.54, 1.807) is 23.2 Å². The molecule has 1 aliphatic carbocycles. The van der Waals surface area contributed by atoms with E-state index in [4.69, 9.17) is 0 Å². The van der Waals surface area contributed by atoms with E-state index in [1.807, 2.05) is 0 Å². The van der Waals surface area contributed by atoms with Crippen molar-refractivity contribution >= 4 is 12.0 Å². The van der Waals surface area contributed by atoms with Gasteiger partial charge in [0.15, 0.2) is 0 Å². The van der Waals surface area contributed by atoms with E-state index in [0.29, 0.717) is 0 Å². The standard InChI is InChI=1S/C13H18N2O2/c1-2-11-8-15(9-14-11)12(13(16)17)10-6-4-3-5-7-10/h2,8-10,12H,1,3-7H2,(H,16,17). The second-order valence-corrected chi connectivity index (χ2v) is 4.63. The fraction of sp³-hybridized carbons (Fsp3) is 0.538. The lowest BCUT2D eigenvalue weighted by atomic mass is 9.84. The summed E-state index contributed by atoms with van der Waals surface area (Å²) >= 11 is 0. The minimum absolute atomic E-state index is 0.230. The molecule has 4 heteroatoms. The molecule has 1 heterocycles. The van der Waals surface area contributed by atoms with Crippen LogP contribution in [-0.4, -0.2) is 20.6 Å². The highest BCUT2D eigenvalue weighted by Gasteiger charge is 2.30. The lowest BCUT2D eigenvalue weighted by Gasteiger charge is -2.28. The quantitative estimate of drug-likeness (QED) is 0.871. The number of carboxylic acids is 1. The van der Waals surface area contributed by atoms with E-state index < -0.39 is 12.0 Å². The van der Waals surface area contributed by atoms with Crippen molar-refractivity contribution in [2.24, 2.45) is 5.92 Å². The minimum Gasteiger partial charge on any atom is -0.480 e. The molecule has 1 fully saturated rings. The van der Waals surface area contributed by atoms with Crippen molar-refractivity contribution in [3.63, 3.8) is 0 Å². The largest absolute Gasteiger partial charge is 0.480 e. The monoisotopic (exact) mass is 234 g/mol. The minimum atomic E-state index is -0.759. The van der Waals surface area contributed by atoms with Crippen LogP contribution in [0.15, 0.2) is 19.1 Å². The van der Waals surface area contributed by atoms with Crippen molar-refractivity contribution < 1.29 is 9.90 Å². The summed E-state index contributed by atoms with van der Waals surface area (Å²) in [4.78, 5) is 15.5. The van der Waals surface area contributed by atoms with Crippen LogP contribution in [-0.2, 0) is 4.79 Å². The maximum atomic E-state index is 11.4. The van der Waals surface area contributed by atoms with Crippen LogP contribution in [0.2, 0.25) is 0 Å². The number of imidazole rings is 1. The SMILES string of the molecule is C=Cc1cn(C(C(=O)O)C2CCCCC2)cn1. The molecule has 17 heavy (non-hydrogen) atoms. The molecule has 1 aliphatic rings. The van der Waals surface area contributed by atoms with Crippen LogP contribution in [0.4, 0.5) is 0 Å². The van der Waals surface area contributed by atoms with Gasteiger partial charge >= 0.3 is 5.97 Å². The lowest BCUT2D eigenvalue weighted by Crippen LogP contribution is -2.28. The average Bonchev–Trinajstić information content (AvgIpc) is 2.79. The number of hydrogen-bond donors (Lipinski definition) is 1. The van der Waals surface area contributed by atoms with Gasteiger partial charge in [-0.3, -0.25) is 0 Å². The molecule has 0 aliphatic heterocycles. The van der Waals surface area contributed by atoms with Crippen LogP contribution in [0.3, 0.4) is 0 Å². The maximum absolute atomic E-state index is 11.4. The Bertz CT molecular complexity index is 405. The van der Waals surface area contributed by atoms with E-state index in [2.05, 4.69) is 11.6 Å². The molecule has 0 spiro atoms. The highest BCUT2D eigenvalue weighted by atomic mass is 16.4. The maximum Gasteiger partial charge on any atom is 0.327 e. The third kappa shape index (κ3) is 2.57. The molecule has 1 aromatic rings. The Labute approximate surface area is 101 Å². The summed E-state index contributed by atoms with van der Waals surface area (Å²) in [5, 5.41) is 9.39. The van der Waals surface area contributed by atoms with Gasteiger partial charge in [-0.1, -0.05) is 25.8 Å². The highest BCUT2D eigenvalue weighted by molar-refractivity contribution is 5.72. The summed E-state index contributed by atoms with van der Waals surface area (Å²) in [7, 11) is 0. The van der Waals surface area contributed by atoms with Gasteiger partial charge in [-0.05, 0) is 24.8 Å². The van der Waals surface area contributed by atoms with E-state index in [1.165, 1.54) is 6.42 Å². The number of carboxylic acid groups (broad SMARTS) is 1. The molecule has 1 unspecified atom stereocenters. The summed E-state index contributed by atoms with van der Waals surface area (Å²) in [6, 6.07) is -0.475. The highest BCUT2D eigenvalue weighted by Crippen LogP contribution is 2.33. The van der Waals surface area contributed by atoms with Crippen LogP contribution >= 0.6 is 0 Å². The Morgan fingerprint density at radius 3 is 2.76 bits per heavy atom. The lowest BCUT2D eigenvalue weighted by molar-refractivity contribution is -0.143. The molecule has 0 saturated heterocycles. The van der Waals surface area contributed by atoms with E-state index in [0.717, 1.165) is 31.4 Å². The fourth-order valence-corrected chi connectivity index (χ4v) is 2.63. The number of rotatable bonds is 4. The van der Waals surface area contributed by atoms with Gasteiger partial charge in [0.2, 0.25) is 0 Å². The molecule has 1 saturated carbocycles. The van der Waals surface area contributed by atoms with Crippen LogP contribution in [0.5, 0.6) is 0 Å². The summed E-state index contributed by atoms with van der Waals surface area (Å²) in [5.41, 5.74) is 0.729. The number of nitrogens with zero attached hydrogens (tertiary/aromatic N) is 2. The molecular weight excluding hydrogens is 216 g/mol. The fourth-order valence-electron chi connectivity index (χ4n) is 2.63. The van der Waals surface area contributed by atoms with E-state index in [9.17, 15) is 9.90 Å². The molecule has 4 nitrogen and oxygen atoms in total. The van der Waals surface area contributed by atoms with Gasteiger partial charge < -0.3 is 9.67 Å². The molecule has 92 valence electrons. The van der Waals surface area contributed by atoms with Crippen LogP contribution in [0.1, 0.15) is 43.8 Å². The Morgan fingerprint density at radius 1 is 1.53 bits per heavy atom. The number of hydrogen-bond acceptors (Lipinski definition) is 2. The molecule has 0 bridgehead atoms. The number of aromatic nitrogens is 2. The van der Waals surface area contributed by atoms with Gasteiger partial charge in [0.1, 0.15) is 6.04 Å². The first kappa shape index (κ1) is 11.9. The zero-order valence-electron chi connectivity index (χ0n) is 9.88. The van der Waals surface area contributed by atoms with Gasteiger partial charge in [-0.15, -0.1) is 0 Å². The van der Waals surface area contributed by atoms with Crippen molar-refractivity contribution in [3.05, 3.63) is 24.8 Å². The second kappa shape index (κ2) is 5.17. The molecule has 0 aromatic carbocycles. The Kier molecular flexibility index (Phi) is 3.61. The molecular formula is C13H18N2O2. The van der Waals surface area contributed by atoms with Crippen molar-refractivity contribution in [2.45, 2.75) is 38.1 Å². The molecule has 2 rings (SSSR count). The van der Waals surface area contributed by atoms with Gasteiger partial charge in [0.25, 0.3) is 0 Å². The molecule has 0 amide bonds. The summed E-state index contributed by atoms with van der Waals surface area (Å²) in [6.07, 6.45) is 10.5. The third-order valence-electron chi connectivity index (χ3n) is 3.50. The normalized spacial score (nSPS) is 18.8. The zero-order chi connectivity index (χ0) is 12.3. The topological polar surface area (TPSA) is 55.1 Å². The van der Waals surface area contributed by atoms with Gasteiger partial charge in [0.05, 0.1) is 12.0 Å². The average molecular weight is 234 g/mol. The van der Waals surface area contributed by atoms with E-state index >= 15 is 0 Å². The molecule has 1 atom stereocenters. The third-order valence-corrected chi connectivity index (χ3v) is 3.50.